The molecule has 3 aromatic rings. The van der Waals surface area contributed by atoms with Crippen LogP contribution >= 0.6 is 0 Å². The average molecular weight is 485 g/mol. The Morgan fingerprint density at radius 2 is 1.64 bits per heavy atom. The number of pyridine rings is 1. The Kier molecular flexibility index (Phi) is 5.12. The van der Waals surface area contributed by atoms with Crippen LogP contribution in [0.5, 0.6) is 11.5 Å². The highest BCUT2D eigenvalue weighted by Crippen LogP contribution is 2.61. The molecule has 4 bridgehead atoms. The van der Waals surface area contributed by atoms with Crippen molar-refractivity contribution in [1.82, 2.24) is 4.57 Å². The van der Waals surface area contributed by atoms with Crippen LogP contribution in [0.4, 0.5) is 5.69 Å². The molecule has 186 valence electrons. The molecular formula is C30H32N2O4. The lowest BCUT2D eigenvalue weighted by molar-refractivity contribution is -0.124. The molecule has 1 aromatic heterocycles. The van der Waals surface area contributed by atoms with Gasteiger partial charge in [-0.15, -0.1) is 0 Å². The van der Waals surface area contributed by atoms with Crippen LogP contribution in [0.2, 0.25) is 0 Å². The molecule has 0 saturated heterocycles. The number of rotatable bonds is 5. The topological polar surface area (TPSA) is 69.6 Å². The fraction of sp³-hybridized carbons (Fsp3) is 0.467. The molecule has 1 N–H and O–H groups in total. The van der Waals surface area contributed by atoms with Crippen molar-refractivity contribution in [2.75, 3.05) is 18.5 Å². The van der Waals surface area contributed by atoms with E-state index in [1.165, 1.54) is 38.5 Å². The van der Waals surface area contributed by atoms with E-state index in [-0.39, 0.29) is 16.9 Å². The number of aromatic nitrogens is 1. The van der Waals surface area contributed by atoms with Crippen LogP contribution in [-0.2, 0) is 11.3 Å². The molecule has 0 atom stereocenters. The second-order valence-corrected chi connectivity index (χ2v) is 11.6. The van der Waals surface area contributed by atoms with E-state index < -0.39 is 0 Å². The summed E-state index contributed by atoms with van der Waals surface area (Å²) >= 11 is 0. The van der Waals surface area contributed by atoms with Gasteiger partial charge in [-0.05, 0) is 97.6 Å². The van der Waals surface area contributed by atoms with Crippen molar-refractivity contribution in [3.8, 4) is 11.5 Å². The first-order chi connectivity index (χ1) is 17.5. The van der Waals surface area contributed by atoms with E-state index in [1.807, 2.05) is 48.7 Å². The van der Waals surface area contributed by atoms with Crippen LogP contribution < -0.4 is 20.3 Å². The number of nitrogens with zero attached hydrogens (tertiary/aromatic N) is 1. The standard InChI is InChI=1S/C30H32N2O4/c33-28(17-30-14-20-10-21(15-30)12-22(11-20)16-30)31-25-3-1-2-24-23(25)6-7-32(29(24)34)18-19-4-5-26-27(13-19)36-9-8-35-26/h1-7,13,20-22H,8-12,14-18H2,(H,31,33). The maximum Gasteiger partial charge on any atom is 0.258 e. The predicted octanol–water partition coefficient (Wildman–Crippen LogP) is 5.37. The minimum atomic E-state index is -0.0698. The molecule has 0 unspecified atom stereocenters. The van der Waals surface area contributed by atoms with Crippen molar-refractivity contribution in [3.05, 3.63) is 64.6 Å². The minimum Gasteiger partial charge on any atom is -0.486 e. The van der Waals surface area contributed by atoms with Crippen LogP contribution in [0.25, 0.3) is 10.8 Å². The van der Waals surface area contributed by atoms with Crippen molar-refractivity contribution >= 4 is 22.4 Å². The van der Waals surface area contributed by atoms with E-state index in [9.17, 15) is 9.59 Å². The van der Waals surface area contributed by atoms with E-state index in [2.05, 4.69) is 5.32 Å². The maximum absolute atomic E-state index is 13.4. The summed E-state index contributed by atoms with van der Waals surface area (Å²) in [6.07, 6.45) is 10.2. The highest BCUT2D eigenvalue weighted by molar-refractivity contribution is 6.02. The second-order valence-electron chi connectivity index (χ2n) is 11.6. The number of amides is 1. The van der Waals surface area contributed by atoms with Crippen LogP contribution in [0.3, 0.4) is 0 Å². The van der Waals surface area contributed by atoms with Gasteiger partial charge in [0.2, 0.25) is 5.91 Å². The highest BCUT2D eigenvalue weighted by atomic mass is 16.6. The van der Waals surface area contributed by atoms with E-state index in [0.717, 1.165) is 45.9 Å². The van der Waals surface area contributed by atoms with E-state index >= 15 is 0 Å². The van der Waals surface area contributed by atoms with Crippen molar-refractivity contribution in [2.24, 2.45) is 23.2 Å². The first kappa shape index (κ1) is 22.0. The Balaban J connectivity index is 1.11. The number of anilines is 1. The third kappa shape index (κ3) is 3.87. The normalized spacial score (nSPS) is 27.8. The largest absolute Gasteiger partial charge is 0.486 e. The number of hydrogen-bond acceptors (Lipinski definition) is 4. The van der Waals surface area contributed by atoms with Gasteiger partial charge in [-0.3, -0.25) is 9.59 Å². The van der Waals surface area contributed by atoms with E-state index in [0.29, 0.717) is 31.6 Å². The fourth-order valence-electron chi connectivity index (χ4n) is 7.98. The SMILES string of the molecule is O=C(CC12CC3CC(CC(C3)C1)C2)Nc1cccc2c(=O)n(Cc3ccc4c(c3)OCCO4)ccc12. The summed E-state index contributed by atoms with van der Waals surface area (Å²) in [4.78, 5) is 26.6. The smallest absolute Gasteiger partial charge is 0.258 e. The minimum absolute atomic E-state index is 0.0698. The Hall–Kier alpha value is -3.28. The zero-order valence-electron chi connectivity index (χ0n) is 20.5. The average Bonchev–Trinajstić information content (AvgIpc) is 2.85. The summed E-state index contributed by atoms with van der Waals surface area (Å²) in [5, 5.41) is 4.58. The van der Waals surface area contributed by atoms with E-state index in [1.54, 1.807) is 4.57 Å². The molecule has 8 rings (SSSR count). The third-order valence-corrected chi connectivity index (χ3v) is 8.95. The fourth-order valence-corrected chi connectivity index (χ4v) is 7.98. The van der Waals surface area contributed by atoms with Crippen molar-refractivity contribution in [2.45, 2.75) is 51.5 Å². The molecule has 4 aliphatic carbocycles. The Morgan fingerprint density at radius 1 is 0.917 bits per heavy atom. The van der Waals surface area contributed by atoms with Crippen molar-refractivity contribution in [1.29, 1.82) is 0 Å². The van der Waals surface area contributed by atoms with Gasteiger partial charge in [0.25, 0.3) is 5.56 Å². The summed E-state index contributed by atoms with van der Waals surface area (Å²) in [6.45, 7) is 1.52. The number of fused-ring (bicyclic) bond motifs is 2. The Morgan fingerprint density at radius 3 is 2.39 bits per heavy atom. The van der Waals surface area contributed by atoms with Crippen LogP contribution in [-0.4, -0.2) is 23.7 Å². The van der Waals surface area contributed by atoms with Crippen molar-refractivity contribution in [3.63, 3.8) is 0 Å². The second kappa shape index (κ2) is 8.39. The Bertz CT molecular complexity index is 1370. The van der Waals surface area contributed by atoms with Gasteiger partial charge in [0.05, 0.1) is 6.54 Å². The molecule has 2 aromatic carbocycles. The predicted molar refractivity (Wildman–Crippen MR) is 139 cm³/mol. The first-order valence-electron chi connectivity index (χ1n) is 13.3. The number of ether oxygens (including phenoxy) is 2. The number of carbonyl (C=O) groups is 1. The van der Waals surface area contributed by atoms with Gasteiger partial charge in [0.15, 0.2) is 11.5 Å². The molecule has 6 nitrogen and oxygen atoms in total. The number of nitrogens with one attached hydrogen (secondary N) is 1. The van der Waals surface area contributed by atoms with Crippen LogP contribution in [0.1, 0.15) is 50.5 Å². The van der Waals surface area contributed by atoms with Gasteiger partial charge < -0.3 is 19.4 Å². The molecule has 0 radical (unpaired) electrons. The van der Waals surface area contributed by atoms with Gasteiger partial charge in [0.1, 0.15) is 13.2 Å². The lowest BCUT2D eigenvalue weighted by atomic mass is 9.49. The van der Waals surface area contributed by atoms with Crippen LogP contribution in [0.15, 0.2) is 53.5 Å². The molecule has 1 amide bonds. The molecule has 4 fully saturated rings. The molecule has 5 aliphatic rings. The summed E-state index contributed by atoms with van der Waals surface area (Å²) < 4.78 is 13.0. The van der Waals surface area contributed by atoms with Gasteiger partial charge in [-0.2, -0.15) is 0 Å². The number of benzene rings is 2. The highest BCUT2D eigenvalue weighted by Gasteiger charge is 2.51. The number of carbonyl (C=O) groups excluding carboxylic acids is 1. The lowest BCUT2D eigenvalue weighted by Gasteiger charge is -2.56. The molecule has 1 aliphatic heterocycles. The van der Waals surface area contributed by atoms with E-state index in [4.69, 9.17) is 9.47 Å². The van der Waals surface area contributed by atoms with Gasteiger partial charge >= 0.3 is 0 Å². The summed E-state index contributed by atoms with van der Waals surface area (Å²) in [6, 6.07) is 13.3. The first-order valence-corrected chi connectivity index (χ1v) is 13.3. The molecule has 2 heterocycles. The molecule has 4 saturated carbocycles. The molecular weight excluding hydrogens is 452 g/mol. The quantitative estimate of drug-likeness (QED) is 0.529. The zero-order valence-corrected chi connectivity index (χ0v) is 20.5. The van der Waals surface area contributed by atoms with Crippen molar-refractivity contribution < 1.29 is 14.3 Å². The third-order valence-electron chi connectivity index (χ3n) is 8.95. The molecule has 6 heteroatoms. The summed E-state index contributed by atoms with van der Waals surface area (Å²) in [7, 11) is 0. The van der Waals surface area contributed by atoms with Gasteiger partial charge in [-0.1, -0.05) is 12.1 Å². The molecule has 0 spiro atoms. The van der Waals surface area contributed by atoms with Gasteiger partial charge in [0, 0.05) is 29.1 Å². The van der Waals surface area contributed by atoms with Gasteiger partial charge in [-0.25, -0.2) is 0 Å². The zero-order chi connectivity index (χ0) is 24.3. The summed E-state index contributed by atoms with van der Waals surface area (Å²) in [5.41, 5.74) is 1.82. The van der Waals surface area contributed by atoms with Crippen LogP contribution in [0, 0.1) is 23.2 Å². The lowest BCUT2D eigenvalue weighted by Crippen LogP contribution is -2.47. The maximum atomic E-state index is 13.4. The molecule has 36 heavy (non-hydrogen) atoms. The summed E-state index contributed by atoms with van der Waals surface area (Å²) in [5.74, 6) is 4.03. The number of hydrogen-bond donors (Lipinski definition) is 1. The Labute approximate surface area is 210 Å². The monoisotopic (exact) mass is 484 g/mol.